The van der Waals surface area contributed by atoms with Gasteiger partial charge in [-0.3, -0.25) is 0 Å². The summed E-state index contributed by atoms with van der Waals surface area (Å²) in [4.78, 5) is 0. The standard InChI is InChI=1S/C14H10BrF3O/c15-7-9-1-13(18)6-14(4-9)19-8-10-2-11(16)5-12(17)3-10/h1-6H,7-8H2. The second-order valence-corrected chi connectivity index (χ2v) is 4.56. The van der Waals surface area contributed by atoms with Crippen LogP contribution in [-0.2, 0) is 11.9 Å². The monoisotopic (exact) mass is 330 g/mol. The number of benzene rings is 2. The lowest BCUT2D eigenvalue weighted by atomic mass is 10.2. The summed E-state index contributed by atoms with van der Waals surface area (Å²) in [7, 11) is 0. The fourth-order valence-electron chi connectivity index (χ4n) is 1.64. The van der Waals surface area contributed by atoms with E-state index in [1.165, 1.54) is 24.3 Å². The van der Waals surface area contributed by atoms with Gasteiger partial charge in [-0.2, -0.15) is 0 Å². The molecule has 2 rings (SSSR count). The Balaban J connectivity index is 2.11. The van der Waals surface area contributed by atoms with E-state index in [4.69, 9.17) is 4.74 Å². The van der Waals surface area contributed by atoms with Crippen LogP contribution in [-0.4, -0.2) is 0 Å². The molecule has 0 saturated heterocycles. The summed E-state index contributed by atoms with van der Waals surface area (Å²) in [5.74, 6) is -1.44. The van der Waals surface area contributed by atoms with E-state index in [0.29, 0.717) is 16.6 Å². The third-order valence-electron chi connectivity index (χ3n) is 2.41. The number of halogens is 4. The van der Waals surface area contributed by atoms with E-state index in [9.17, 15) is 13.2 Å². The van der Waals surface area contributed by atoms with Crippen LogP contribution in [0.25, 0.3) is 0 Å². The summed E-state index contributed by atoms with van der Waals surface area (Å²) in [6.45, 7) is -0.0279. The van der Waals surface area contributed by atoms with Crippen LogP contribution in [0, 0.1) is 17.5 Å². The Morgan fingerprint density at radius 1 is 0.789 bits per heavy atom. The quantitative estimate of drug-likeness (QED) is 0.746. The molecule has 0 radical (unpaired) electrons. The molecule has 0 aromatic heterocycles. The van der Waals surface area contributed by atoms with Gasteiger partial charge < -0.3 is 4.74 Å². The molecule has 0 aliphatic rings. The molecule has 0 aliphatic heterocycles. The summed E-state index contributed by atoms with van der Waals surface area (Å²) in [5.41, 5.74) is 1.07. The van der Waals surface area contributed by atoms with Gasteiger partial charge in [-0.15, -0.1) is 0 Å². The molecule has 19 heavy (non-hydrogen) atoms. The molecule has 0 aliphatic carbocycles. The van der Waals surface area contributed by atoms with E-state index in [2.05, 4.69) is 15.9 Å². The first kappa shape index (κ1) is 13.9. The smallest absolute Gasteiger partial charge is 0.127 e. The van der Waals surface area contributed by atoms with Crippen LogP contribution in [0.15, 0.2) is 36.4 Å². The van der Waals surface area contributed by atoms with E-state index in [1.54, 1.807) is 6.07 Å². The van der Waals surface area contributed by atoms with Gasteiger partial charge in [0.15, 0.2) is 0 Å². The average molecular weight is 331 g/mol. The van der Waals surface area contributed by atoms with Crippen LogP contribution in [0.5, 0.6) is 5.75 Å². The van der Waals surface area contributed by atoms with Crippen molar-refractivity contribution in [3.05, 3.63) is 65.0 Å². The molecule has 0 spiro atoms. The minimum atomic E-state index is -0.668. The Kier molecular flexibility index (Phi) is 4.47. The molecule has 2 aromatic rings. The molecule has 0 saturated carbocycles. The van der Waals surface area contributed by atoms with Crippen LogP contribution in [0.3, 0.4) is 0 Å². The zero-order valence-electron chi connectivity index (χ0n) is 9.80. The molecule has 0 fully saturated rings. The number of rotatable bonds is 4. The van der Waals surface area contributed by atoms with Gasteiger partial charge in [0.25, 0.3) is 0 Å². The molecule has 0 bridgehead atoms. The topological polar surface area (TPSA) is 9.23 Å². The van der Waals surface area contributed by atoms with Crippen LogP contribution >= 0.6 is 15.9 Å². The van der Waals surface area contributed by atoms with Crippen LogP contribution in [0.1, 0.15) is 11.1 Å². The molecule has 5 heteroatoms. The van der Waals surface area contributed by atoms with E-state index >= 15 is 0 Å². The van der Waals surface area contributed by atoms with Crippen LogP contribution in [0.2, 0.25) is 0 Å². The predicted molar refractivity (Wildman–Crippen MR) is 69.7 cm³/mol. The minimum Gasteiger partial charge on any atom is -0.489 e. The third-order valence-corrected chi connectivity index (χ3v) is 3.06. The molecule has 1 nitrogen and oxygen atoms in total. The normalized spacial score (nSPS) is 10.5. The average Bonchev–Trinajstić information content (AvgIpc) is 2.34. The first-order chi connectivity index (χ1) is 9.06. The Labute approximate surface area is 117 Å². The van der Waals surface area contributed by atoms with Gasteiger partial charge >= 0.3 is 0 Å². The lowest BCUT2D eigenvalue weighted by Gasteiger charge is -2.08. The summed E-state index contributed by atoms with van der Waals surface area (Å²) < 4.78 is 44.5. The van der Waals surface area contributed by atoms with Crippen molar-refractivity contribution in [1.29, 1.82) is 0 Å². The summed E-state index contributed by atoms with van der Waals surface area (Å²) in [5, 5.41) is 0.496. The maximum Gasteiger partial charge on any atom is 0.127 e. The van der Waals surface area contributed by atoms with E-state index in [-0.39, 0.29) is 6.61 Å². The second-order valence-electron chi connectivity index (χ2n) is 4.00. The lowest BCUT2D eigenvalue weighted by Crippen LogP contribution is -1.98. The van der Waals surface area contributed by atoms with E-state index in [0.717, 1.165) is 11.6 Å². The Morgan fingerprint density at radius 2 is 1.37 bits per heavy atom. The van der Waals surface area contributed by atoms with Gasteiger partial charge in [0.2, 0.25) is 0 Å². The maximum atomic E-state index is 13.2. The molecule has 0 unspecified atom stereocenters. The van der Waals surface area contributed by atoms with Crippen molar-refractivity contribution >= 4 is 15.9 Å². The number of alkyl halides is 1. The summed E-state index contributed by atoms with van der Waals surface area (Å²) >= 11 is 3.22. The van der Waals surface area contributed by atoms with Gasteiger partial charge in [-0.05, 0) is 35.4 Å². The van der Waals surface area contributed by atoms with Crippen molar-refractivity contribution in [2.24, 2.45) is 0 Å². The molecule has 100 valence electrons. The molecular weight excluding hydrogens is 321 g/mol. The largest absolute Gasteiger partial charge is 0.489 e. The number of hydrogen-bond donors (Lipinski definition) is 0. The van der Waals surface area contributed by atoms with Crippen molar-refractivity contribution in [3.63, 3.8) is 0 Å². The molecular formula is C14H10BrF3O. The zero-order valence-corrected chi connectivity index (χ0v) is 11.4. The van der Waals surface area contributed by atoms with Crippen LogP contribution in [0.4, 0.5) is 13.2 Å². The molecule has 0 atom stereocenters. The van der Waals surface area contributed by atoms with Crippen LogP contribution < -0.4 is 4.74 Å². The highest BCUT2D eigenvalue weighted by atomic mass is 79.9. The Hall–Kier alpha value is -1.49. The summed E-state index contributed by atoms with van der Waals surface area (Å²) in [6, 6.07) is 7.40. The second kappa shape index (κ2) is 6.10. The van der Waals surface area contributed by atoms with Crippen molar-refractivity contribution in [2.45, 2.75) is 11.9 Å². The lowest BCUT2D eigenvalue weighted by molar-refractivity contribution is 0.303. The molecule has 2 aromatic carbocycles. The zero-order chi connectivity index (χ0) is 13.8. The van der Waals surface area contributed by atoms with Gasteiger partial charge in [-0.25, -0.2) is 13.2 Å². The predicted octanol–water partition coefficient (Wildman–Crippen LogP) is 4.58. The van der Waals surface area contributed by atoms with Crippen molar-refractivity contribution < 1.29 is 17.9 Å². The van der Waals surface area contributed by atoms with Gasteiger partial charge in [0.1, 0.15) is 29.8 Å². The van der Waals surface area contributed by atoms with Gasteiger partial charge in [-0.1, -0.05) is 15.9 Å². The van der Waals surface area contributed by atoms with Crippen molar-refractivity contribution in [3.8, 4) is 5.75 Å². The molecule has 0 amide bonds. The third kappa shape index (κ3) is 3.99. The SMILES string of the molecule is Fc1cc(F)cc(COc2cc(F)cc(CBr)c2)c1. The van der Waals surface area contributed by atoms with Gasteiger partial charge in [0, 0.05) is 17.5 Å². The minimum absolute atomic E-state index is 0.0279. The fraction of sp³-hybridized carbons (Fsp3) is 0.143. The fourth-order valence-corrected chi connectivity index (χ4v) is 1.97. The van der Waals surface area contributed by atoms with E-state index < -0.39 is 17.5 Å². The number of hydrogen-bond acceptors (Lipinski definition) is 1. The highest BCUT2D eigenvalue weighted by Gasteiger charge is 2.04. The number of ether oxygens (including phenoxy) is 1. The summed E-state index contributed by atoms with van der Waals surface area (Å²) in [6.07, 6.45) is 0. The van der Waals surface area contributed by atoms with E-state index in [1.807, 2.05) is 0 Å². The first-order valence-electron chi connectivity index (χ1n) is 5.50. The highest BCUT2D eigenvalue weighted by molar-refractivity contribution is 9.08. The molecule has 0 heterocycles. The first-order valence-corrected chi connectivity index (χ1v) is 6.62. The maximum absolute atomic E-state index is 13.2. The van der Waals surface area contributed by atoms with Crippen molar-refractivity contribution in [2.75, 3.05) is 0 Å². The van der Waals surface area contributed by atoms with Crippen molar-refractivity contribution in [1.82, 2.24) is 0 Å². The van der Waals surface area contributed by atoms with Gasteiger partial charge in [0.05, 0.1) is 0 Å². The Morgan fingerprint density at radius 3 is 2.00 bits per heavy atom. The molecule has 0 N–H and O–H groups in total. The Bertz CT molecular complexity index is 567. The highest BCUT2D eigenvalue weighted by Crippen LogP contribution is 2.20.